The van der Waals surface area contributed by atoms with E-state index >= 15 is 0 Å². The number of amides is 1. The van der Waals surface area contributed by atoms with Gasteiger partial charge >= 0.3 is 5.92 Å². The molecule has 5 nitrogen and oxygen atoms in total. The minimum absolute atomic E-state index is 0.114. The largest absolute Gasteiger partial charge is 0.458 e. The number of rotatable bonds is 4. The number of carbonyl (C=O) groups is 1. The summed E-state index contributed by atoms with van der Waals surface area (Å²) in [5.41, 5.74) is 5.16. The molecule has 0 aliphatic carbocycles. The predicted molar refractivity (Wildman–Crippen MR) is 58.1 cm³/mol. The summed E-state index contributed by atoms with van der Waals surface area (Å²) in [6.07, 6.45) is 1.52. The summed E-state index contributed by atoms with van der Waals surface area (Å²) in [6.45, 7) is 0.915. The molecule has 0 radical (unpaired) electrons. The van der Waals surface area contributed by atoms with Gasteiger partial charge in [0.1, 0.15) is 11.5 Å². The Morgan fingerprint density at radius 2 is 2.22 bits per heavy atom. The summed E-state index contributed by atoms with van der Waals surface area (Å²) in [4.78, 5) is 10.8. The Labute approximate surface area is 101 Å². The van der Waals surface area contributed by atoms with Crippen LogP contribution in [-0.4, -0.2) is 15.7 Å². The van der Waals surface area contributed by atoms with Crippen LogP contribution in [-0.2, 0) is 12.5 Å². The molecule has 0 spiro atoms. The number of carbonyl (C=O) groups excluding carboxylic acids is 1. The Morgan fingerprint density at radius 3 is 2.72 bits per heavy atom. The van der Waals surface area contributed by atoms with Crippen molar-refractivity contribution in [2.24, 2.45) is 5.73 Å². The van der Waals surface area contributed by atoms with E-state index in [1.54, 1.807) is 0 Å². The van der Waals surface area contributed by atoms with Gasteiger partial charge in [0.05, 0.1) is 6.54 Å². The van der Waals surface area contributed by atoms with E-state index < -0.39 is 17.6 Å². The van der Waals surface area contributed by atoms with Crippen LogP contribution < -0.4 is 5.73 Å². The number of nitrogens with zero attached hydrogens (tertiary/aromatic N) is 2. The lowest BCUT2D eigenvalue weighted by molar-refractivity contribution is -0.00636. The van der Waals surface area contributed by atoms with E-state index in [0.29, 0.717) is 5.76 Å². The first kappa shape index (κ1) is 12.3. The Morgan fingerprint density at radius 1 is 1.50 bits per heavy atom. The third kappa shape index (κ3) is 2.55. The van der Waals surface area contributed by atoms with Crippen LogP contribution in [0.4, 0.5) is 8.78 Å². The van der Waals surface area contributed by atoms with Gasteiger partial charge in [0.15, 0.2) is 5.76 Å². The normalized spacial score (nSPS) is 11.7. The second-order valence-corrected chi connectivity index (χ2v) is 3.92. The fourth-order valence-electron chi connectivity index (χ4n) is 1.44. The van der Waals surface area contributed by atoms with Crippen molar-refractivity contribution in [2.45, 2.75) is 19.4 Å². The van der Waals surface area contributed by atoms with E-state index in [1.165, 1.54) is 29.1 Å². The molecular formula is C11H11F2N3O2. The zero-order valence-electron chi connectivity index (χ0n) is 9.56. The average molecular weight is 255 g/mol. The maximum Gasteiger partial charge on any atom is 0.301 e. The molecule has 18 heavy (non-hydrogen) atoms. The molecule has 0 saturated heterocycles. The molecule has 2 aromatic rings. The van der Waals surface area contributed by atoms with E-state index in [-0.39, 0.29) is 12.2 Å². The average Bonchev–Trinajstić information content (AvgIpc) is 2.85. The van der Waals surface area contributed by atoms with E-state index in [0.717, 1.165) is 6.92 Å². The van der Waals surface area contributed by atoms with Crippen LogP contribution in [0.3, 0.4) is 0 Å². The second-order valence-electron chi connectivity index (χ2n) is 3.92. The Bertz CT molecular complexity index is 569. The van der Waals surface area contributed by atoms with Gasteiger partial charge in [-0.15, -0.1) is 0 Å². The number of primary amides is 1. The van der Waals surface area contributed by atoms with Crippen LogP contribution in [0.2, 0.25) is 0 Å². The van der Waals surface area contributed by atoms with Crippen molar-refractivity contribution in [1.29, 1.82) is 0 Å². The smallest absolute Gasteiger partial charge is 0.301 e. The van der Waals surface area contributed by atoms with Crippen molar-refractivity contribution in [1.82, 2.24) is 9.78 Å². The molecule has 7 heteroatoms. The van der Waals surface area contributed by atoms with Crippen molar-refractivity contribution in [2.75, 3.05) is 0 Å². The molecule has 0 bridgehead atoms. The summed E-state index contributed by atoms with van der Waals surface area (Å²) in [5.74, 6) is -3.74. The van der Waals surface area contributed by atoms with E-state index in [2.05, 4.69) is 5.10 Å². The van der Waals surface area contributed by atoms with Gasteiger partial charge < -0.3 is 10.2 Å². The first-order valence-electron chi connectivity index (χ1n) is 5.16. The number of nitrogens with two attached hydrogens (primary N) is 1. The molecule has 0 aliphatic heterocycles. The zero-order chi connectivity index (χ0) is 13.3. The summed E-state index contributed by atoms with van der Waals surface area (Å²) in [5, 5.41) is 3.87. The van der Waals surface area contributed by atoms with E-state index in [4.69, 9.17) is 10.2 Å². The molecule has 0 fully saturated rings. The molecule has 0 atom stereocenters. The topological polar surface area (TPSA) is 74.0 Å². The lowest BCUT2D eigenvalue weighted by Crippen LogP contribution is -2.12. The number of aromatic nitrogens is 2. The van der Waals surface area contributed by atoms with Gasteiger partial charge in [0.2, 0.25) is 0 Å². The van der Waals surface area contributed by atoms with Crippen molar-refractivity contribution < 1.29 is 18.0 Å². The first-order valence-corrected chi connectivity index (χ1v) is 5.16. The van der Waals surface area contributed by atoms with Crippen LogP contribution in [0.25, 0.3) is 0 Å². The Balaban J connectivity index is 2.14. The molecule has 1 amide bonds. The Hall–Kier alpha value is -2.18. The van der Waals surface area contributed by atoms with Crippen LogP contribution in [0.5, 0.6) is 0 Å². The first-order chi connectivity index (χ1) is 8.36. The SMILES string of the molecule is CC(F)(F)c1ccc(Cn2ccc(C(N)=O)n2)o1. The second kappa shape index (κ2) is 4.25. The lowest BCUT2D eigenvalue weighted by atomic mass is 10.3. The fourth-order valence-corrected chi connectivity index (χ4v) is 1.44. The minimum atomic E-state index is -3.01. The highest BCUT2D eigenvalue weighted by atomic mass is 19.3. The van der Waals surface area contributed by atoms with Crippen LogP contribution in [0, 0.1) is 0 Å². The highest BCUT2D eigenvalue weighted by Gasteiger charge is 2.28. The number of hydrogen-bond acceptors (Lipinski definition) is 3. The molecule has 0 saturated carbocycles. The predicted octanol–water partition coefficient (Wildman–Crippen LogP) is 1.73. The number of halogens is 2. The molecule has 2 aromatic heterocycles. The number of furan rings is 1. The van der Waals surface area contributed by atoms with Gasteiger partial charge in [-0.05, 0) is 18.2 Å². The summed E-state index contributed by atoms with van der Waals surface area (Å²) in [6, 6.07) is 4.10. The van der Waals surface area contributed by atoms with Crippen molar-refractivity contribution >= 4 is 5.91 Å². The van der Waals surface area contributed by atoms with Gasteiger partial charge in [0.25, 0.3) is 5.91 Å². The minimum Gasteiger partial charge on any atom is -0.458 e. The molecule has 0 aliphatic rings. The molecular weight excluding hydrogens is 244 g/mol. The summed E-state index contributed by atoms with van der Waals surface area (Å²) >= 11 is 0. The van der Waals surface area contributed by atoms with E-state index in [1.807, 2.05) is 0 Å². The van der Waals surface area contributed by atoms with Crippen molar-refractivity contribution in [3.05, 3.63) is 41.6 Å². The Kier molecular flexibility index (Phi) is 2.90. The standard InChI is InChI=1S/C11H11F2N3O2/c1-11(12,13)9-3-2-7(18-9)6-16-5-4-8(15-16)10(14)17/h2-5H,6H2,1H3,(H2,14,17). The van der Waals surface area contributed by atoms with E-state index in [9.17, 15) is 13.6 Å². The molecule has 0 unspecified atom stereocenters. The summed E-state index contributed by atoms with van der Waals surface area (Å²) in [7, 11) is 0. The molecule has 0 aromatic carbocycles. The quantitative estimate of drug-likeness (QED) is 0.904. The molecule has 2 N–H and O–H groups in total. The third-order valence-corrected chi connectivity index (χ3v) is 2.31. The summed E-state index contributed by atoms with van der Waals surface area (Å²) < 4.78 is 32.3. The van der Waals surface area contributed by atoms with Crippen LogP contribution in [0.15, 0.2) is 28.8 Å². The number of hydrogen-bond donors (Lipinski definition) is 1. The van der Waals surface area contributed by atoms with Crippen molar-refractivity contribution in [3.8, 4) is 0 Å². The fraction of sp³-hybridized carbons (Fsp3) is 0.273. The molecule has 96 valence electrons. The molecule has 2 heterocycles. The van der Waals surface area contributed by atoms with Gasteiger partial charge in [-0.2, -0.15) is 13.9 Å². The maximum atomic E-state index is 12.9. The highest BCUT2D eigenvalue weighted by Crippen LogP contribution is 2.28. The van der Waals surface area contributed by atoms with Gasteiger partial charge in [-0.25, -0.2) is 0 Å². The maximum absolute atomic E-state index is 12.9. The number of alkyl halides is 2. The van der Waals surface area contributed by atoms with Gasteiger partial charge in [-0.3, -0.25) is 9.48 Å². The molecule has 2 rings (SSSR count). The van der Waals surface area contributed by atoms with Gasteiger partial charge in [0, 0.05) is 13.1 Å². The van der Waals surface area contributed by atoms with Crippen LogP contribution in [0.1, 0.15) is 28.9 Å². The van der Waals surface area contributed by atoms with Crippen molar-refractivity contribution in [3.63, 3.8) is 0 Å². The van der Waals surface area contributed by atoms with Gasteiger partial charge in [-0.1, -0.05) is 0 Å². The zero-order valence-corrected chi connectivity index (χ0v) is 9.56. The highest BCUT2D eigenvalue weighted by molar-refractivity contribution is 5.90. The lowest BCUT2D eigenvalue weighted by Gasteiger charge is -2.05. The third-order valence-electron chi connectivity index (χ3n) is 2.31. The monoisotopic (exact) mass is 255 g/mol. The van der Waals surface area contributed by atoms with Crippen LogP contribution >= 0.6 is 0 Å².